The summed E-state index contributed by atoms with van der Waals surface area (Å²) in [5.41, 5.74) is 1.59. The number of nitrogens with zero attached hydrogens (tertiary/aromatic N) is 6. The highest BCUT2D eigenvalue weighted by Crippen LogP contribution is 2.33. The predicted octanol–water partition coefficient (Wildman–Crippen LogP) is 4.43. The molecule has 0 unspecified atom stereocenters. The maximum Gasteiger partial charge on any atom is 0.264 e. The number of ether oxygens (including phenoxy) is 3. The van der Waals surface area contributed by atoms with Gasteiger partial charge in [-0.05, 0) is 24.3 Å². The zero-order chi connectivity index (χ0) is 30.8. The number of rotatable bonds is 12. The topological polar surface area (TPSA) is 110 Å². The summed E-state index contributed by atoms with van der Waals surface area (Å²) in [6.07, 6.45) is 4.59. The Hall–Kier alpha value is -3.90. The number of anilines is 2. The quantitative estimate of drug-likeness (QED) is 0.227. The van der Waals surface area contributed by atoms with Gasteiger partial charge in [0, 0.05) is 65.2 Å². The monoisotopic (exact) mass is 650 g/mol. The summed E-state index contributed by atoms with van der Waals surface area (Å²) in [5, 5.41) is 7.95. The maximum absolute atomic E-state index is 6.47. The Kier molecular flexibility index (Phi) is 10.6. The van der Waals surface area contributed by atoms with Gasteiger partial charge in [0.05, 0.1) is 47.0 Å². The van der Waals surface area contributed by atoms with Crippen molar-refractivity contribution in [2.75, 3.05) is 75.4 Å². The van der Waals surface area contributed by atoms with Gasteiger partial charge in [-0.2, -0.15) is 0 Å². The van der Waals surface area contributed by atoms with Gasteiger partial charge in [0.1, 0.15) is 11.5 Å². The van der Waals surface area contributed by atoms with Crippen LogP contribution in [0.1, 0.15) is 11.4 Å². The minimum atomic E-state index is 0.396. The average molecular weight is 652 g/mol. The fourth-order valence-electron chi connectivity index (χ4n) is 5.10. The Bertz CT molecular complexity index is 1450. The lowest BCUT2D eigenvalue weighted by Crippen LogP contribution is -2.44. The summed E-state index contributed by atoms with van der Waals surface area (Å²) in [5.74, 6) is 3.44. The second kappa shape index (κ2) is 15.4. The van der Waals surface area contributed by atoms with E-state index in [-0.39, 0.29) is 0 Å². The second-order valence-electron chi connectivity index (χ2n) is 10.6. The molecule has 2 saturated heterocycles. The molecule has 45 heavy (non-hydrogen) atoms. The van der Waals surface area contributed by atoms with Crippen molar-refractivity contribution < 1.29 is 14.2 Å². The van der Waals surface area contributed by atoms with Crippen molar-refractivity contribution in [2.45, 2.75) is 12.8 Å². The van der Waals surface area contributed by atoms with E-state index >= 15 is 0 Å². The molecule has 13 heteroatoms. The minimum absolute atomic E-state index is 0.396. The van der Waals surface area contributed by atoms with Crippen LogP contribution in [0, 0.1) is 0 Å². The number of para-hydroxylation sites is 2. The van der Waals surface area contributed by atoms with E-state index in [0.717, 1.165) is 63.7 Å². The molecular formula is C32H36Cl2N8O3. The molecule has 4 heterocycles. The Balaban J connectivity index is 1.21. The summed E-state index contributed by atoms with van der Waals surface area (Å²) in [6.45, 7) is 7.35. The van der Waals surface area contributed by atoms with Gasteiger partial charge in [0.25, 0.3) is 11.8 Å². The predicted molar refractivity (Wildman–Crippen MR) is 176 cm³/mol. The van der Waals surface area contributed by atoms with E-state index in [1.54, 1.807) is 12.4 Å². The molecule has 0 radical (unpaired) electrons. The number of hydrogen-bond donors (Lipinski definition) is 2. The van der Waals surface area contributed by atoms with Crippen LogP contribution in [0.4, 0.5) is 11.6 Å². The third-order valence-corrected chi connectivity index (χ3v) is 8.10. The SMILES string of the molecule is Clc1ccccc1OCCc1cnc(Oc2ncc(CCOc3ccccc3Cl)nc2N2CCNCC2)c(N2CCNCC2)n1. The lowest BCUT2D eigenvalue weighted by atomic mass is 10.3. The van der Waals surface area contributed by atoms with Gasteiger partial charge in [-0.1, -0.05) is 47.5 Å². The van der Waals surface area contributed by atoms with Gasteiger partial charge in [-0.3, -0.25) is 0 Å². The molecule has 0 bridgehead atoms. The Labute approximate surface area is 272 Å². The zero-order valence-corrected chi connectivity index (χ0v) is 26.4. The van der Waals surface area contributed by atoms with Crippen molar-refractivity contribution in [3.05, 3.63) is 82.4 Å². The molecule has 2 N–H and O–H groups in total. The summed E-state index contributed by atoms with van der Waals surface area (Å²) < 4.78 is 18.3. The first-order valence-electron chi connectivity index (χ1n) is 15.2. The average Bonchev–Trinajstić information content (AvgIpc) is 3.08. The summed E-state index contributed by atoms with van der Waals surface area (Å²) in [6, 6.07) is 14.9. The van der Waals surface area contributed by atoms with E-state index in [1.807, 2.05) is 48.5 Å². The molecule has 0 atom stereocenters. The van der Waals surface area contributed by atoms with Gasteiger partial charge in [-0.25, -0.2) is 19.9 Å². The number of hydrogen-bond acceptors (Lipinski definition) is 11. The Morgan fingerprint density at radius 2 is 1.04 bits per heavy atom. The van der Waals surface area contributed by atoms with Crippen LogP contribution in [-0.2, 0) is 12.8 Å². The molecule has 6 rings (SSSR count). The zero-order valence-electron chi connectivity index (χ0n) is 24.9. The smallest absolute Gasteiger partial charge is 0.264 e. The van der Waals surface area contributed by atoms with Gasteiger partial charge in [-0.15, -0.1) is 0 Å². The summed E-state index contributed by atoms with van der Waals surface area (Å²) >= 11 is 12.5. The van der Waals surface area contributed by atoms with E-state index < -0.39 is 0 Å². The van der Waals surface area contributed by atoms with E-state index in [1.165, 1.54) is 0 Å². The van der Waals surface area contributed by atoms with Gasteiger partial charge in [0.2, 0.25) is 0 Å². The molecule has 0 spiro atoms. The highest BCUT2D eigenvalue weighted by Gasteiger charge is 2.24. The molecule has 0 amide bonds. The molecule has 236 valence electrons. The molecule has 0 aliphatic carbocycles. The number of nitrogens with one attached hydrogen (secondary N) is 2. The van der Waals surface area contributed by atoms with Crippen molar-refractivity contribution in [1.29, 1.82) is 0 Å². The first-order valence-corrected chi connectivity index (χ1v) is 16.0. The Morgan fingerprint density at radius 3 is 1.47 bits per heavy atom. The van der Waals surface area contributed by atoms with Crippen LogP contribution in [0.2, 0.25) is 10.0 Å². The van der Waals surface area contributed by atoms with E-state index in [4.69, 9.17) is 57.3 Å². The van der Waals surface area contributed by atoms with Crippen LogP contribution in [0.15, 0.2) is 60.9 Å². The largest absolute Gasteiger partial charge is 0.492 e. The van der Waals surface area contributed by atoms with Crippen molar-refractivity contribution in [3.63, 3.8) is 0 Å². The van der Waals surface area contributed by atoms with Crippen LogP contribution in [-0.4, -0.2) is 85.5 Å². The van der Waals surface area contributed by atoms with Gasteiger partial charge >= 0.3 is 0 Å². The molecule has 2 aliphatic heterocycles. The highest BCUT2D eigenvalue weighted by atomic mass is 35.5. The fraction of sp³-hybridized carbons (Fsp3) is 0.375. The third kappa shape index (κ3) is 8.23. The Morgan fingerprint density at radius 1 is 0.622 bits per heavy atom. The van der Waals surface area contributed by atoms with Crippen molar-refractivity contribution in [1.82, 2.24) is 30.6 Å². The summed E-state index contributed by atoms with van der Waals surface area (Å²) in [7, 11) is 0. The third-order valence-electron chi connectivity index (χ3n) is 7.47. The molecular weight excluding hydrogens is 615 g/mol. The molecule has 2 fully saturated rings. The minimum Gasteiger partial charge on any atom is -0.492 e. The molecule has 4 aromatic rings. The normalized spacial score (nSPS) is 15.2. The standard InChI is InChI=1S/C32H36Cl2N8O3/c33-25-5-1-3-7-27(25)43-19-9-23-21-37-31(29(39-23)41-15-11-35-12-16-41)45-32-30(42-17-13-36-14-18-42)40-24(22-38-32)10-20-44-28-8-4-2-6-26(28)34/h1-8,21-22,35-36H,9-20H2. The molecule has 2 aromatic heterocycles. The first-order chi connectivity index (χ1) is 22.1. The second-order valence-corrected chi connectivity index (χ2v) is 11.4. The van der Waals surface area contributed by atoms with E-state index in [9.17, 15) is 0 Å². The molecule has 2 aliphatic rings. The van der Waals surface area contributed by atoms with Crippen molar-refractivity contribution in [3.8, 4) is 23.3 Å². The molecule has 2 aromatic carbocycles. The van der Waals surface area contributed by atoms with E-state index in [2.05, 4.69) is 20.4 Å². The number of aromatic nitrogens is 4. The van der Waals surface area contributed by atoms with Crippen LogP contribution in [0.5, 0.6) is 23.3 Å². The lowest BCUT2D eigenvalue weighted by molar-refractivity contribution is 0.320. The van der Waals surface area contributed by atoms with Gasteiger partial charge in [0.15, 0.2) is 11.6 Å². The van der Waals surface area contributed by atoms with Crippen molar-refractivity contribution in [2.24, 2.45) is 0 Å². The van der Waals surface area contributed by atoms with Crippen molar-refractivity contribution >= 4 is 34.8 Å². The van der Waals surface area contributed by atoms with Crippen LogP contribution < -0.4 is 34.6 Å². The highest BCUT2D eigenvalue weighted by molar-refractivity contribution is 6.32. The summed E-state index contributed by atoms with van der Waals surface area (Å²) in [4.78, 5) is 23.8. The first kappa shape index (κ1) is 31.1. The number of halogens is 2. The van der Waals surface area contributed by atoms with Crippen LogP contribution >= 0.6 is 23.2 Å². The molecule has 0 saturated carbocycles. The fourth-order valence-corrected chi connectivity index (χ4v) is 5.48. The maximum atomic E-state index is 6.47. The van der Waals surface area contributed by atoms with Crippen LogP contribution in [0.3, 0.4) is 0 Å². The van der Waals surface area contributed by atoms with E-state index in [0.29, 0.717) is 71.0 Å². The number of piperazine rings is 2. The number of benzene rings is 2. The lowest BCUT2D eigenvalue weighted by Gasteiger charge is -2.31. The van der Waals surface area contributed by atoms with Crippen LogP contribution in [0.25, 0.3) is 0 Å². The molecule has 11 nitrogen and oxygen atoms in total. The van der Waals surface area contributed by atoms with Gasteiger partial charge < -0.3 is 34.6 Å².